The number of amides is 3. The van der Waals surface area contributed by atoms with Crippen LogP contribution < -0.4 is 20.3 Å². The number of carbonyl (C=O) groups is 3. The lowest BCUT2D eigenvalue weighted by molar-refractivity contribution is -0.134. The van der Waals surface area contributed by atoms with Gasteiger partial charge in [0.1, 0.15) is 12.3 Å². The smallest absolute Gasteiger partial charge is 0.271 e. The van der Waals surface area contributed by atoms with Gasteiger partial charge in [-0.05, 0) is 65.7 Å². The van der Waals surface area contributed by atoms with Crippen molar-refractivity contribution in [2.45, 2.75) is 83.9 Å². The highest BCUT2D eigenvalue weighted by Crippen LogP contribution is 2.38. The first-order valence-corrected chi connectivity index (χ1v) is 10.7. The lowest BCUT2D eigenvalue weighted by atomic mass is 9.95. The summed E-state index contributed by atoms with van der Waals surface area (Å²) in [5.74, 6) is -0.253. The minimum Gasteiger partial charge on any atom is -0.476 e. The lowest BCUT2D eigenvalue weighted by Crippen LogP contribution is -2.55. The molecule has 30 heavy (non-hydrogen) atoms. The van der Waals surface area contributed by atoms with Crippen LogP contribution in [0.5, 0.6) is 5.75 Å². The minimum absolute atomic E-state index is 0.0978. The number of rotatable bonds is 4. The lowest BCUT2D eigenvalue weighted by Gasteiger charge is -2.39. The van der Waals surface area contributed by atoms with Crippen LogP contribution in [-0.2, 0) is 9.59 Å². The molecule has 0 unspecified atom stereocenters. The van der Waals surface area contributed by atoms with Gasteiger partial charge in [-0.25, -0.2) is 0 Å². The molecule has 0 saturated heterocycles. The third-order valence-electron chi connectivity index (χ3n) is 5.40. The highest BCUT2D eigenvalue weighted by Gasteiger charge is 2.42. The van der Waals surface area contributed by atoms with Gasteiger partial charge in [-0.1, -0.05) is 19.3 Å². The maximum absolute atomic E-state index is 13.1. The maximum atomic E-state index is 13.1. The summed E-state index contributed by atoms with van der Waals surface area (Å²) in [6.07, 6.45) is 5.38. The highest BCUT2D eigenvalue weighted by molar-refractivity contribution is 6.07. The van der Waals surface area contributed by atoms with Crippen LogP contribution in [0.15, 0.2) is 18.2 Å². The molecular formula is C23H33N3O4. The van der Waals surface area contributed by atoms with E-state index in [0.29, 0.717) is 17.0 Å². The largest absolute Gasteiger partial charge is 0.476 e. The van der Waals surface area contributed by atoms with Gasteiger partial charge in [0.15, 0.2) is 5.60 Å². The minimum atomic E-state index is -1.09. The van der Waals surface area contributed by atoms with Crippen molar-refractivity contribution in [2.75, 3.05) is 11.4 Å². The van der Waals surface area contributed by atoms with E-state index in [1.165, 1.54) is 11.3 Å². The molecule has 1 aliphatic carbocycles. The first kappa shape index (κ1) is 22.1. The summed E-state index contributed by atoms with van der Waals surface area (Å²) in [5, 5.41) is 5.98. The standard InChI is InChI=1S/C23H33N3O4/c1-22(2,3)25-20(28)15-11-12-18-17(13-15)26(21(29)23(4,5)30-18)14-19(27)24-16-9-7-6-8-10-16/h11-13,16H,6-10,14H2,1-5H3,(H,24,27)(H,25,28). The summed E-state index contributed by atoms with van der Waals surface area (Å²) in [6, 6.07) is 5.15. The van der Waals surface area contributed by atoms with Gasteiger partial charge < -0.3 is 15.4 Å². The van der Waals surface area contributed by atoms with E-state index in [4.69, 9.17) is 4.74 Å². The Labute approximate surface area is 178 Å². The summed E-state index contributed by atoms with van der Waals surface area (Å²) in [7, 11) is 0. The second kappa shape index (κ2) is 8.28. The quantitative estimate of drug-likeness (QED) is 0.791. The summed E-state index contributed by atoms with van der Waals surface area (Å²) >= 11 is 0. The summed E-state index contributed by atoms with van der Waals surface area (Å²) in [4.78, 5) is 39.8. The third-order valence-corrected chi connectivity index (χ3v) is 5.40. The Kier molecular flexibility index (Phi) is 6.11. The molecule has 3 rings (SSSR count). The Morgan fingerprint density at radius 1 is 1.17 bits per heavy atom. The molecule has 0 radical (unpaired) electrons. The predicted octanol–water partition coefficient (Wildman–Crippen LogP) is 3.17. The molecule has 0 bridgehead atoms. The number of benzene rings is 1. The second-order valence-electron chi connectivity index (χ2n) is 9.79. The van der Waals surface area contributed by atoms with Crippen molar-refractivity contribution in [1.29, 1.82) is 0 Å². The zero-order valence-electron chi connectivity index (χ0n) is 18.6. The number of hydrogen-bond acceptors (Lipinski definition) is 4. The number of nitrogens with zero attached hydrogens (tertiary/aromatic N) is 1. The van der Waals surface area contributed by atoms with Gasteiger partial charge in [0, 0.05) is 17.1 Å². The molecule has 1 fully saturated rings. The van der Waals surface area contributed by atoms with Crippen LogP contribution in [0.4, 0.5) is 5.69 Å². The Hall–Kier alpha value is -2.57. The van der Waals surface area contributed by atoms with Gasteiger partial charge in [-0.3, -0.25) is 19.3 Å². The Morgan fingerprint density at radius 2 is 1.83 bits per heavy atom. The molecule has 0 aromatic heterocycles. The molecule has 164 valence electrons. The van der Waals surface area contributed by atoms with E-state index in [9.17, 15) is 14.4 Å². The molecule has 1 saturated carbocycles. The van der Waals surface area contributed by atoms with E-state index in [1.54, 1.807) is 32.0 Å². The maximum Gasteiger partial charge on any atom is 0.271 e. The fourth-order valence-corrected chi connectivity index (χ4v) is 3.94. The van der Waals surface area contributed by atoms with Crippen molar-refractivity contribution in [3.63, 3.8) is 0 Å². The normalized spacial score (nSPS) is 19.0. The number of fused-ring (bicyclic) bond motifs is 1. The summed E-state index contributed by atoms with van der Waals surface area (Å²) in [5.41, 5.74) is -0.620. The van der Waals surface area contributed by atoms with Crippen LogP contribution in [0.3, 0.4) is 0 Å². The predicted molar refractivity (Wildman–Crippen MR) is 116 cm³/mol. The summed E-state index contributed by atoms with van der Waals surface area (Å²) < 4.78 is 5.87. The third kappa shape index (κ3) is 5.12. The number of hydrogen-bond donors (Lipinski definition) is 2. The van der Waals surface area contributed by atoms with Crippen LogP contribution >= 0.6 is 0 Å². The van der Waals surface area contributed by atoms with E-state index < -0.39 is 5.60 Å². The second-order valence-corrected chi connectivity index (χ2v) is 9.79. The molecular weight excluding hydrogens is 382 g/mol. The fraction of sp³-hybridized carbons (Fsp3) is 0.609. The van der Waals surface area contributed by atoms with Crippen LogP contribution in [0.25, 0.3) is 0 Å². The van der Waals surface area contributed by atoms with Crippen molar-refractivity contribution < 1.29 is 19.1 Å². The SMILES string of the molecule is CC(C)(C)NC(=O)c1ccc2c(c1)N(CC(=O)NC1CCCCC1)C(=O)C(C)(C)O2. The van der Waals surface area contributed by atoms with Gasteiger partial charge in [-0.15, -0.1) is 0 Å². The van der Waals surface area contributed by atoms with E-state index in [1.807, 2.05) is 20.8 Å². The summed E-state index contributed by atoms with van der Waals surface area (Å²) in [6.45, 7) is 8.98. The van der Waals surface area contributed by atoms with Gasteiger partial charge in [0.25, 0.3) is 11.8 Å². The average molecular weight is 416 g/mol. The van der Waals surface area contributed by atoms with Gasteiger partial charge >= 0.3 is 0 Å². The molecule has 0 spiro atoms. The molecule has 2 aliphatic rings. The Bertz CT molecular complexity index is 835. The van der Waals surface area contributed by atoms with Crippen molar-refractivity contribution in [1.82, 2.24) is 10.6 Å². The molecule has 1 aromatic carbocycles. The zero-order chi connectivity index (χ0) is 22.1. The van der Waals surface area contributed by atoms with Crippen LogP contribution in [0, 0.1) is 0 Å². The molecule has 2 N–H and O–H groups in total. The molecule has 7 heteroatoms. The highest BCUT2D eigenvalue weighted by atomic mass is 16.5. The van der Waals surface area contributed by atoms with Crippen molar-refractivity contribution in [2.24, 2.45) is 0 Å². The van der Waals surface area contributed by atoms with Crippen LogP contribution in [0.1, 0.15) is 77.1 Å². The van der Waals surface area contributed by atoms with E-state index in [2.05, 4.69) is 10.6 Å². The molecule has 1 heterocycles. The number of nitrogens with one attached hydrogen (secondary N) is 2. The average Bonchev–Trinajstić information content (AvgIpc) is 2.64. The van der Waals surface area contributed by atoms with Gasteiger partial charge in [0.05, 0.1) is 5.69 Å². The Balaban J connectivity index is 1.85. The van der Waals surface area contributed by atoms with E-state index >= 15 is 0 Å². The monoisotopic (exact) mass is 415 g/mol. The molecule has 3 amide bonds. The molecule has 7 nitrogen and oxygen atoms in total. The molecule has 0 atom stereocenters. The first-order chi connectivity index (χ1) is 14.0. The molecule has 1 aromatic rings. The Morgan fingerprint density at radius 3 is 2.47 bits per heavy atom. The van der Waals surface area contributed by atoms with Crippen molar-refractivity contribution in [3.05, 3.63) is 23.8 Å². The van der Waals surface area contributed by atoms with Gasteiger partial charge in [0.2, 0.25) is 5.91 Å². The number of carbonyl (C=O) groups excluding carboxylic acids is 3. The van der Waals surface area contributed by atoms with E-state index in [0.717, 1.165) is 25.7 Å². The fourth-order valence-electron chi connectivity index (χ4n) is 3.94. The van der Waals surface area contributed by atoms with Crippen LogP contribution in [-0.4, -0.2) is 41.4 Å². The first-order valence-electron chi connectivity index (χ1n) is 10.7. The van der Waals surface area contributed by atoms with Crippen LogP contribution in [0.2, 0.25) is 0 Å². The number of anilines is 1. The molecule has 1 aliphatic heterocycles. The number of ether oxygens (including phenoxy) is 1. The van der Waals surface area contributed by atoms with Crippen molar-refractivity contribution in [3.8, 4) is 5.75 Å². The van der Waals surface area contributed by atoms with E-state index in [-0.39, 0.29) is 35.8 Å². The topological polar surface area (TPSA) is 87.7 Å². The van der Waals surface area contributed by atoms with Gasteiger partial charge in [-0.2, -0.15) is 0 Å². The zero-order valence-corrected chi connectivity index (χ0v) is 18.6. The van der Waals surface area contributed by atoms with Crippen molar-refractivity contribution >= 4 is 23.4 Å².